The third kappa shape index (κ3) is 22.3. The topological polar surface area (TPSA) is 133 Å². The Labute approximate surface area is 423 Å². The molecule has 0 spiro atoms. The van der Waals surface area contributed by atoms with Gasteiger partial charge < -0.3 is 37.3 Å². The van der Waals surface area contributed by atoms with E-state index in [4.69, 9.17) is 37.3 Å². The summed E-state index contributed by atoms with van der Waals surface area (Å²) >= 11 is 0. The predicted molar refractivity (Wildman–Crippen MR) is 284 cm³/mol. The SMILES string of the molecule is CCCCCCCOc1cc(-c2nnc(-c3nnc(-c4cc(OCCCCCCC)c(OCCCCCCC)c(OCCCCCCC)c4)o3)o2)cc(OCCCCCCC)c1OCCCCCCC. The minimum absolute atomic E-state index is 0.105. The molecule has 0 saturated heterocycles. The molecule has 0 amide bonds. The smallest absolute Gasteiger partial charge is 0.306 e. The van der Waals surface area contributed by atoms with Gasteiger partial charge in [-0.2, -0.15) is 0 Å². The number of unbranched alkanes of at least 4 members (excludes halogenated alkanes) is 24. The maximum atomic E-state index is 6.52. The summed E-state index contributed by atoms with van der Waals surface area (Å²) in [6.45, 7) is 16.8. The van der Waals surface area contributed by atoms with E-state index in [1.54, 1.807) is 0 Å². The number of benzene rings is 2. The first kappa shape index (κ1) is 58.1. The van der Waals surface area contributed by atoms with E-state index in [1.807, 2.05) is 24.3 Å². The Morgan fingerprint density at radius 1 is 0.271 bits per heavy atom. The molecule has 0 aliphatic carbocycles. The molecule has 0 radical (unpaired) electrons. The molecule has 12 heteroatoms. The first-order valence-electron chi connectivity index (χ1n) is 28.4. The summed E-state index contributed by atoms with van der Waals surface area (Å²) in [4.78, 5) is 0. The molecule has 0 atom stereocenters. The van der Waals surface area contributed by atoms with E-state index in [9.17, 15) is 0 Å². The van der Waals surface area contributed by atoms with Crippen molar-refractivity contribution in [2.45, 2.75) is 234 Å². The summed E-state index contributed by atoms with van der Waals surface area (Å²) in [5.74, 6) is 4.49. The Morgan fingerprint density at radius 3 is 0.729 bits per heavy atom. The fourth-order valence-electron chi connectivity index (χ4n) is 8.28. The lowest BCUT2D eigenvalue weighted by Gasteiger charge is -2.18. The molecule has 0 aliphatic rings. The predicted octanol–water partition coefficient (Wildman–Crippen LogP) is 17.5. The van der Waals surface area contributed by atoms with Crippen molar-refractivity contribution in [3.63, 3.8) is 0 Å². The monoisotopic (exact) mass is 975 g/mol. The van der Waals surface area contributed by atoms with Gasteiger partial charge in [0.15, 0.2) is 23.0 Å². The van der Waals surface area contributed by atoms with Crippen molar-refractivity contribution in [1.82, 2.24) is 20.4 Å². The minimum Gasteiger partial charge on any atom is -0.490 e. The number of rotatable bonds is 45. The second-order valence-corrected chi connectivity index (χ2v) is 19.0. The maximum Gasteiger partial charge on any atom is 0.306 e. The van der Waals surface area contributed by atoms with Gasteiger partial charge in [-0.05, 0) is 62.8 Å². The van der Waals surface area contributed by atoms with Gasteiger partial charge in [0.1, 0.15) is 0 Å². The van der Waals surface area contributed by atoms with Crippen LogP contribution in [-0.4, -0.2) is 60.0 Å². The zero-order valence-electron chi connectivity index (χ0n) is 44.8. The van der Waals surface area contributed by atoms with Gasteiger partial charge in [0.2, 0.25) is 23.3 Å². The summed E-state index contributed by atoms with van der Waals surface area (Å²) in [5, 5.41) is 17.8. The Morgan fingerprint density at radius 2 is 0.486 bits per heavy atom. The Bertz CT molecular complexity index is 1700. The molecule has 2 heterocycles. The lowest BCUT2D eigenvalue weighted by molar-refractivity contribution is 0.234. The van der Waals surface area contributed by atoms with Gasteiger partial charge in [0.25, 0.3) is 0 Å². The summed E-state index contributed by atoms with van der Waals surface area (Å²) in [5.41, 5.74) is 1.31. The highest BCUT2D eigenvalue weighted by molar-refractivity contribution is 5.68. The van der Waals surface area contributed by atoms with Crippen molar-refractivity contribution in [2.75, 3.05) is 39.6 Å². The van der Waals surface area contributed by atoms with Gasteiger partial charge >= 0.3 is 11.8 Å². The van der Waals surface area contributed by atoms with E-state index in [0.717, 1.165) is 77.0 Å². The number of hydrogen-bond acceptors (Lipinski definition) is 12. The average Bonchev–Trinajstić information content (AvgIpc) is 4.08. The molecule has 12 nitrogen and oxygen atoms in total. The largest absolute Gasteiger partial charge is 0.490 e. The van der Waals surface area contributed by atoms with Crippen molar-refractivity contribution in [3.8, 4) is 69.2 Å². The van der Waals surface area contributed by atoms with Crippen LogP contribution in [0.3, 0.4) is 0 Å². The lowest BCUT2D eigenvalue weighted by atomic mass is 10.1. The van der Waals surface area contributed by atoms with Crippen LogP contribution in [0.15, 0.2) is 33.1 Å². The van der Waals surface area contributed by atoms with Crippen molar-refractivity contribution in [2.24, 2.45) is 0 Å². The van der Waals surface area contributed by atoms with Crippen molar-refractivity contribution in [3.05, 3.63) is 24.3 Å². The van der Waals surface area contributed by atoms with Crippen LogP contribution in [0.4, 0.5) is 0 Å². The third-order valence-electron chi connectivity index (χ3n) is 12.6. The van der Waals surface area contributed by atoms with Crippen LogP contribution in [0, 0.1) is 0 Å². The molecule has 0 aliphatic heterocycles. The van der Waals surface area contributed by atoms with Gasteiger partial charge in [-0.1, -0.05) is 196 Å². The summed E-state index contributed by atoms with van der Waals surface area (Å²) < 4.78 is 51.7. The Kier molecular flexibility index (Phi) is 31.0. The summed E-state index contributed by atoms with van der Waals surface area (Å²) in [7, 11) is 0. The van der Waals surface area contributed by atoms with Crippen LogP contribution in [-0.2, 0) is 0 Å². The molecule has 0 fully saturated rings. The molecule has 0 unspecified atom stereocenters. The van der Waals surface area contributed by atoms with E-state index in [-0.39, 0.29) is 23.6 Å². The van der Waals surface area contributed by atoms with Crippen molar-refractivity contribution >= 4 is 0 Å². The Hall–Kier alpha value is -4.48. The zero-order valence-corrected chi connectivity index (χ0v) is 44.8. The number of hydrogen-bond donors (Lipinski definition) is 0. The highest BCUT2D eigenvalue weighted by Gasteiger charge is 2.24. The average molecular weight is 975 g/mol. The minimum atomic E-state index is 0.105. The molecular formula is C58H94N4O8. The van der Waals surface area contributed by atoms with Crippen molar-refractivity contribution in [1.29, 1.82) is 0 Å². The van der Waals surface area contributed by atoms with Gasteiger partial charge in [-0.15, -0.1) is 20.4 Å². The molecule has 4 aromatic rings. The number of aromatic nitrogens is 4. The fraction of sp³-hybridized carbons (Fsp3) is 0.724. The standard InChI is InChI=1S/C58H94N4O8/c1-7-13-19-25-31-37-63-49-43-47(44-50(64-38-32-26-20-14-8-2)53(49)67-41-35-29-23-17-11-5)55-59-61-57(69-55)58-62-60-56(70-58)48-45-51(65-39-33-27-21-15-9-3)54(68-42-36-30-24-18-12-6)52(46-48)66-40-34-28-22-16-10-4/h43-46H,7-42H2,1-6H3. The van der Waals surface area contributed by atoms with Crippen LogP contribution in [0.25, 0.3) is 34.7 Å². The molecule has 4 rings (SSSR count). The molecular weight excluding hydrogens is 881 g/mol. The summed E-state index contributed by atoms with van der Waals surface area (Å²) in [6.07, 6.45) is 34.1. The molecule has 394 valence electrons. The lowest BCUT2D eigenvalue weighted by Crippen LogP contribution is -2.07. The summed E-state index contributed by atoms with van der Waals surface area (Å²) in [6, 6.07) is 7.70. The molecule has 2 aromatic carbocycles. The molecule has 0 N–H and O–H groups in total. The highest BCUT2D eigenvalue weighted by atomic mass is 16.5. The Balaban J connectivity index is 1.65. The van der Waals surface area contributed by atoms with E-state index in [2.05, 4.69) is 61.9 Å². The van der Waals surface area contributed by atoms with E-state index in [1.165, 1.54) is 116 Å². The second-order valence-electron chi connectivity index (χ2n) is 19.0. The normalized spacial score (nSPS) is 11.3. The van der Waals surface area contributed by atoms with E-state index >= 15 is 0 Å². The van der Waals surface area contributed by atoms with E-state index in [0.29, 0.717) is 85.3 Å². The second kappa shape index (κ2) is 37.3. The molecule has 0 bridgehead atoms. The van der Waals surface area contributed by atoms with Crippen LogP contribution in [0.5, 0.6) is 34.5 Å². The molecule has 2 aromatic heterocycles. The zero-order chi connectivity index (χ0) is 49.7. The van der Waals surface area contributed by atoms with Gasteiger partial charge in [0, 0.05) is 11.1 Å². The van der Waals surface area contributed by atoms with Gasteiger partial charge in [-0.25, -0.2) is 0 Å². The maximum absolute atomic E-state index is 6.52. The first-order valence-corrected chi connectivity index (χ1v) is 28.4. The van der Waals surface area contributed by atoms with Gasteiger partial charge in [-0.3, -0.25) is 0 Å². The number of ether oxygens (including phenoxy) is 6. The van der Waals surface area contributed by atoms with Crippen LogP contribution in [0.2, 0.25) is 0 Å². The molecule has 0 saturated carbocycles. The van der Waals surface area contributed by atoms with Crippen LogP contribution >= 0.6 is 0 Å². The quantitative estimate of drug-likeness (QED) is 0.0390. The number of nitrogens with zero attached hydrogens (tertiary/aromatic N) is 4. The van der Waals surface area contributed by atoms with E-state index < -0.39 is 0 Å². The van der Waals surface area contributed by atoms with Crippen molar-refractivity contribution < 1.29 is 37.3 Å². The molecule has 70 heavy (non-hydrogen) atoms. The fourth-order valence-corrected chi connectivity index (χ4v) is 8.28. The van der Waals surface area contributed by atoms with Crippen LogP contribution in [0.1, 0.15) is 234 Å². The van der Waals surface area contributed by atoms with Crippen LogP contribution < -0.4 is 28.4 Å². The first-order chi connectivity index (χ1) is 34.6. The highest BCUT2D eigenvalue weighted by Crippen LogP contribution is 2.44. The third-order valence-corrected chi connectivity index (χ3v) is 12.6. The van der Waals surface area contributed by atoms with Gasteiger partial charge in [0.05, 0.1) is 39.6 Å².